The zero-order valence-corrected chi connectivity index (χ0v) is 12.7. The van der Waals surface area contributed by atoms with Crippen LogP contribution in [0.25, 0.3) is 0 Å². The van der Waals surface area contributed by atoms with Crippen LogP contribution in [0.4, 0.5) is 5.69 Å². The Labute approximate surface area is 129 Å². The van der Waals surface area contributed by atoms with E-state index in [1.165, 1.54) is 11.8 Å². The molecule has 0 spiro atoms. The highest BCUT2D eigenvalue weighted by Gasteiger charge is 2.11. The van der Waals surface area contributed by atoms with Crippen molar-refractivity contribution in [1.29, 1.82) is 0 Å². The van der Waals surface area contributed by atoms with Crippen molar-refractivity contribution in [3.05, 3.63) is 50.4 Å². The summed E-state index contributed by atoms with van der Waals surface area (Å²) in [7, 11) is 0. The minimum absolute atomic E-state index is 0.491. The Bertz CT molecular complexity index is 578. The zero-order valence-electron chi connectivity index (χ0n) is 8.88. The molecule has 0 radical (unpaired) electrons. The van der Waals surface area contributed by atoms with Crippen LogP contribution in [0, 0.1) is 0 Å². The average Bonchev–Trinajstić information content (AvgIpc) is 2.25. The Morgan fingerprint density at radius 1 is 0.833 bits per heavy atom. The number of benzene rings is 2. The number of nitrogens with two attached hydrogens (primary N) is 1. The van der Waals surface area contributed by atoms with Gasteiger partial charge in [-0.25, -0.2) is 0 Å². The lowest BCUT2D eigenvalue weighted by atomic mass is 10.3. The van der Waals surface area contributed by atoms with Gasteiger partial charge in [-0.15, -0.1) is 0 Å². The molecule has 0 unspecified atom stereocenters. The lowest BCUT2D eigenvalue weighted by Crippen LogP contribution is -1.85. The van der Waals surface area contributed by atoms with E-state index in [1.54, 1.807) is 24.3 Å². The van der Waals surface area contributed by atoms with Gasteiger partial charge in [0.2, 0.25) is 0 Å². The summed E-state index contributed by atoms with van der Waals surface area (Å²) < 4.78 is 0. The standard InChI is InChI=1S/C12H7Cl4NS/c13-6-3-9(15)12(10(16)4-6)18-11-2-1-7(17)5-8(11)14/h1-5H,17H2. The van der Waals surface area contributed by atoms with Crippen LogP contribution in [0.1, 0.15) is 0 Å². The molecule has 0 atom stereocenters. The lowest BCUT2D eigenvalue weighted by Gasteiger charge is -2.09. The SMILES string of the molecule is Nc1ccc(Sc2c(Cl)cc(Cl)cc2Cl)c(Cl)c1. The van der Waals surface area contributed by atoms with Crippen LogP contribution in [0.2, 0.25) is 20.1 Å². The Morgan fingerprint density at radius 3 is 2.00 bits per heavy atom. The third-order valence-electron chi connectivity index (χ3n) is 2.13. The highest BCUT2D eigenvalue weighted by molar-refractivity contribution is 7.99. The van der Waals surface area contributed by atoms with Crippen molar-refractivity contribution in [2.24, 2.45) is 0 Å². The maximum Gasteiger partial charge on any atom is 0.0575 e. The summed E-state index contributed by atoms with van der Waals surface area (Å²) in [5.74, 6) is 0. The van der Waals surface area contributed by atoms with E-state index >= 15 is 0 Å². The number of hydrogen-bond donors (Lipinski definition) is 1. The largest absolute Gasteiger partial charge is 0.399 e. The van der Waals surface area contributed by atoms with Gasteiger partial charge in [0, 0.05) is 20.5 Å². The van der Waals surface area contributed by atoms with E-state index in [9.17, 15) is 0 Å². The van der Waals surface area contributed by atoms with Crippen LogP contribution in [0.3, 0.4) is 0 Å². The summed E-state index contributed by atoms with van der Waals surface area (Å²) in [6.07, 6.45) is 0. The monoisotopic (exact) mass is 337 g/mol. The third-order valence-corrected chi connectivity index (χ3v) is 4.81. The fraction of sp³-hybridized carbons (Fsp3) is 0. The molecule has 0 saturated carbocycles. The molecule has 18 heavy (non-hydrogen) atoms. The summed E-state index contributed by atoms with van der Waals surface area (Å²) in [5, 5.41) is 2.04. The van der Waals surface area contributed by atoms with Crippen molar-refractivity contribution >= 4 is 63.9 Å². The summed E-state index contributed by atoms with van der Waals surface area (Å²) >= 11 is 25.6. The number of nitrogen functional groups attached to an aromatic ring is 1. The smallest absolute Gasteiger partial charge is 0.0575 e. The zero-order chi connectivity index (χ0) is 13.3. The molecule has 0 saturated heterocycles. The number of rotatable bonds is 2. The van der Waals surface area contributed by atoms with Gasteiger partial charge in [0.25, 0.3) is 0 Å². The molecule has 0 amide bonds. The van der Waals surface area contributed by atoms with E-state index in [4.69, 9.17) is 52.1 Å². The van der Waals surface area contributed by atoms with E-state index < -0.39 is 0 Å². The molecule has 0 heterocycles. The molecule has 1 nitrogen and oxygen atoms in total. The predicted molar refractivity (Wildman–Crippen MR) is 81.5 cm³/mol. The van der Waals surface area contributed by atoms with Gasteiger partial charge < -0.3 is 5.73 Å². The van der Waals surface area contributed by atoms with Crippen LogP contribution >= 0.6 is 58.2 Å². The molecule has 94 valence electrons. The van der Waals surface area contributed by atoms with Crippen LogP contribution in [0.5, 0.6) is 0 Å². The minimum Gasteiger partial charge on any atom is -0.399 e. The molecule has 2 aromatic rings. The first kappa shape index (κ1) is 14.2. The minimum atomic E-state index is 0.491. The molecule has 2 rings (SSSR count). The Hall–Kier alpha value is -0.250. The summed E-state index contributed by atoms with van der Waals surface area (Å²) in [4.78, 5) is 1.55. The van der Waals surface area contributed by atoms with Gasteiger partial charge in [-0.1, -0.05) is 58.2 Å². The van der Waals surface area contributed by atoms with Crippen LogP contribution in [0.15, 0.2) is 40.1 Å². The molecule has 0 aromatic heterocycles. The molecule has 2 N–H and O–H groups in total. The summed E-state index contributed by atoms with van der Waals surface area (Å²) in [5.41, 5.74) is 6.25. The molecule has 0 bridgehead atoms. The second-order valence-corrected chi connectivity index (χ2v) is 6.20. The number of halogens is 4. The Kier molecular flexibility index (Phi) is 4.57. The third kappa shape index (κ3) is 3.19. The fourth-order valence-corrected chi connectivity index (χ4v) is 3.51. The first-order valence-electron chi connectivity index (χ1n) is 4.85. The van der Waals surface area contributed by atoms with Crippen LogP contribution < -0.4 is 5.73 Å². The second-order valence-electron chi connectivity index (χ2n) is 3.49. The van der Waals surface area contributed by atoms with E-state index in [-0.39, 0.29) is 0 Å². The Balaban J connectivity index is 2.40. The number of anilines is 1. The van der Waals surface area contributed by atoms with E-state index in [1.807, 2.05) is 6.07 Å². The van der Waals surface area contributed by atoms with Crippen molar-refractivity contribution < 1.29 is 0 Å². The molecule has 0 aliphatic carbocycles. The average molecular weight is 339 g/mol. The topological polar surface area (TPSA) is 26.0 Å². The van der Waals surface area contributed by atoms with Gasteiger partial charge in [0.15, 0.2) is 0 Å². The first-order valence-corrected chi connectivity index (χ1v) is 7.17. The fourth-order valence-electron chi connectivity index (χ4n) is 1.34. The maximum atomic E-state index is 6.11. The normalized spacial score (nSPS) is 10.7. The van der Waals surface area contributed by atoms with E-state index in [0.717, 1.165) is 9.79 Å². The second kappa shape index (κ2) is 5.81. The van der Waals surface area contributed by atoms with Crippen molar-refractivity contribution in [1.82, 2.24) is 0 Å². The molecule has 2 aromatic carbocycles. The molecule has 0 aliphatic heterocycles. The quantitative estimate of drug-likeness (QED) is 0.676. The molecular weight excluding hydrogens is 332 g/mol. The number of hydrogen-bond acceptors (Lipinski definition) is 2. The van der Waals surface area contributed by atoms with Gasteiger partial charge in [0.05, 0.1) is 15.1 Å². The molecule has 0 aliphatic rings. The summed E-state index contributed by atoms with van der Waals surface area (Å²) in [6, 6.07) is 8.56. The van der Waals surface area contributed by atoms with Crippen molar-refractivity contribution in [3.63, 3.8) is 0 Å². The van der Waals surface area contributed by atoms with Crippen molar-refractivity contribution in [2.45, 2.75) is 9.79 Å². The highest BCUT2D eigenvalue weighted by atomic mass is 35.5. The van der Waals surface area contributed by atoms with Crippen LogP contribution in [-0.2, 0) is 0 Å². The van der Waals surface area contributed by atoms with Gasteiger partial charge in [-0.3, -0.25) is 0 Å². The van der Waals surface area contributed by atoms with Gasteiger partial charge >= 0.3 is 0 Å². The molecule has 0 fully saturated rings. The Morgan fingerprint density at radius 2 is 1.44 bits per heavy atom. The molecular formula is C12H7Cl4NS. The van der Waals surface area contributed by atoms with Crippen LogP contribution in [-0.4, -0.2) is 0 Å². The highest BCUT2D eigenvalue weighted by Crippen LogP contribution is 2.42. The van der Waals surface area contributed by atoms with E-state index in [0.29, 0.717) is 25.8 Å². The van der Waals surface area contributed by atoms with Crippen molar-refractivity contribution in [2.75, 3.05) is 5.73 Å². The lowest BCUT2D eigenvalue weighted by molar-refractivity contribution is 1.41. The predicted octanol–water partition coefficient (Wildman–Crippen LogP) is 6.03. The van der Waals surface area contributed by atoms with E-state index in [2.05, 4.69) is 0 Å². The first-order chi connectivity index (χ1) is 8.47. The van der Waals surface area contributed by atoms with Gasteiger partial charge in [0.1, 0.15) is 0 Å². The van der Waals surface area contributed by atoms with Gasteiger partial charge in [-0.2, -0.15) is 0 Å². The maximum absolute atomic E-state index is 6.11. The van der Waals surface area contributed by atoms with Crippen molar-refractivity contribution in [3.8, 4) is 0 Å². The molecule has 6 heteroatoms. The van der Waals surface area contributed by atoms with Gasteiger partial charge in [-0.05, 0) is 30.3 Å². The summed E-state index contributed by atoms with van der Waals surface area (Å²) in [6.45, 7) is 0.